The number of nitrogens with zero attached hydrogens (tertiary/aromatic N) is 1. The number of likely N-dealkylation sites (tertiary alicyclic amines) is 1. The summed E-state index contributed by atoms with van der Waals surface area (Å²) in [5.41, 5.74) is 16.7. The molecule has 36 heavy (non-hydrogen) atoms. The Kier molecular flexibility index (Phi) is 14.0. The Morgan fingerprint density at radius 2 is 1.47 bits per heavy atom. The number of nitrogens with one attached hydrogen (secondary N) is 3. The predicted molar refractivity (Wildman–Crippen MR) is 133 cm³/mol. The number of carboxylic acids is 1. The fourth-order valence-corrected chi connectivity index (χ4v) is 3.96. The van der Waals surface area contributed by atoms with Crippen molar-refractivity contribution >= 4 is 29.6 Å². The molecule has 206 valence electrons. The Morgan fingerprint density at radius 1 is 0.889 bits per heavy atom. The number of hydrogen-bond acceptors (Lipinski definition) is 8. The smallest absolute Gasteiger partial charge is 0.325 e. The van der Waals surface area contributed by atoms with Gasteiger partial charge in [-0.2, -0.15) is 0 Å². The minimum atomic E-state index is -1.20. The van der Waals surface area contributed by atoms with Gasteiger partial charge in [0, 0.05) is 6.54 Å². The van der Waals surface area contributed by atoms with Gasteiger partial charge in [0.2, 0.25) is 23.6 Å². The zero-order valence-corrected chi connectivity index (χ0v) is 21.3. The van der Waals surface area contributed by atoms with Crippen LogP contribution < -0.4 is 33.2 Å². The summed E-state index contributed by atoms with van der Waals surface area (Å²) in [7, 11) is 0. The summed E-state index contributed by atoms with van der Waals surface area (Å²) in [6, 6.07) is -4.55. The number of aliphatic carboxylic acids is 1. The summed E-state index contributed by atoms with van der Waals surface area (Å²) in [4.78, 5) is 64.0. The first-order valence-electron chi connectivity index (χ1n) is 12.6. The standard InChI is InChI=1S/C23H43N7O6/c1-14(26)19(31)29-17(9-4-6-12-25)22(34)30-13-7-10-18(30)21(33)28-16(8-3-5-11-24)20(32)27-15(2)23(35)36/h14-18H,3-13,24-26H2,1-2H3,(H,27,32)(H,28,33)(H,29,31)(H,35,36)/t14-,15-,16-,17-,18-/m0/s1. The van der Waals surface area contributed by atoms with Crippen LogP contribution >= 0.6 is 0 Å². The van der Waals surface area contributed by atoms with Crippen molar-refractivity contribution in [2.75, 3.05) is 19.6 Å². The number of nitrogens with two attached hydrogens (primary N) is 3. The van der Waals surface area contributed by atoms with Gasteiger partial charge in [0.15, 0.2) is 0 Å². The molecule has 1 aliphatic rings. The molecule has 0 spiro atoms. The summed E-state index contributed by atoms with van der Waals surface area (Å²) >= 11 is 0. The van der Waals surface area contributed by atoms with Crippen LogP contribution in [0.4, 0.5) is 0 Å². The maximum absolute atomic E-state index is 13.4. The highest BCUT2D eigenvalue weighted by molar-refractivity contribution is 5.95. The van der Waals surface area contributed by atoms with Crippen LogP contribution in [0.15, 0.2) is 0 Å². The van der Waals surface area contributed by atoms with E-state index in [-0.39, 0.29) is 12.3 Å². The fraction of sp³-hybridized carbons (Fsp3) is 0.783. The zero-order valence-electron chi connectivity index (χ0n) is 21.3. The molecule has 1 heterocycles. The van der Waals surface area contributed by atoms with Crippen molar-refractivity contribution in [1.82, 2.24) is 20.9 Å². The summed E-state index contributed by atoms with van der Waals surface area (Å²) in [5.74, 6) is -3.17. The molecule has 0 unspecified atom stereocenters. The molecule has 0 aliphatic carbocycles. The van der Waals surface area contributed by atoms with Crippen molar-refractivity contribution in [1.29, 1.82) is 0 Å². The summed E-state index contributed by atoms with van der Waals surface area (Å²) in [5, 5.41) is 16.8. The van der Waals surface area contributed by atoms with Crippen LogP contribution in [0.2, 0.25) is 0 Å². The van der Waals surface area contributed by atoms with Gasteiger partial charge >= 0.3 is 5.97 Å². The van der Waals surface area contributed by atoms with Crippen LogP contribution in [0.3, 0.4) is 0 Å². The van der Waals surface area contributed by atoms with Crippen molar-refractivity contribution in [3.05, 3.63) is 0 Å². The van der Waals surface area contributed by atoms with Crippen molar-refractivity contribution in [2.45, 2.75) is 95.4 Å². The largest absolute Gasteiger partial charge is 0.480 e. The molecule has 10 N–H and O–H groups in total. The first kappa shape index (κ1) is 31.3. The zero-order chi connectivity index (χ0) is 27.3. The second kappa shape index (κ2) is 16.1. The second-order valence-electron chi connectivity index (χ2n) is 9.24. The summed E-state index contributed by atoms with van der Waals surface area (Å²) in [6.07, 6.45) is 4.09. The molecule has 13 nitrogen and oxygen atoms in total. The summed E-state index contributed by atoms with van der Waals surface area (Å²) in [6.45, 7) is 4.04. The minimum Gasteiger partial charge on any atom is -0.480 e. The molecule has 1 saturated heterocycles. The van der Waals surface area contributed by atoms with Gasteiger partial charge in [-0.3, -0.25) is 24.0 Å². The van der Waals surface area contributed by atoms with E-state index in [0.29, 0.717) is 64.6 Å². The molecule has 5 atom stereocenters. The average molecular weight is 514 g/mol. The molecule has 0 radical (unpaired) electrons. The minimum absolute atomic E-state index is 0.272. The molecule has 0 saturated carbocycles. The molecule has 0 aromatic carbocycles. The lowest BCUT2D eigenvalue weighted by atomic mass is 10.1. The van der Waals surface area contributed by atoms with E-state index in [1.165, 1.54) is 18.7 Å². The lowest BCUT2D eigenvalue weighted by Crippen LogP contribution is -2.57. The van der Waals surface area contributed by atoms with Gasteiger partial charge in [0.25, 0.3) is 0 Å². The predicted octanol–water partition coefficient (Wildman–Crippen LogP) is -1.86. The van der Waals surface area contributed by atoms with Crippen LogP contribution in [0.5, 0.6) is 0 Å². The lowest BCUT2D eigenvalue weighted by Gasteiger charge is -2.30. The highest BCUT2D eigenvalue weighted by Crippen LogP contribution is 2.20. The van der Waals surface area contributed by atoms with E-state index in [2.05, 4.69) is 16.0 Å². The first-order valence-corrected chi connectivity index (χ1v) is 12.6. The highest BCUT2D eigenvalue weighted by atomic mass is 16.4. The molecule has 0 bridgehead atoms. The first-order chi connectivity index (χ1) is 17.0. The fourth-order valence-electron chi connectivity index (χ4n) is 3.96. The maximum atomic E-state index is 13.4. The lowest BCUT2D eigenvalue weighted by molar-refractivity contribution is -0.143. The van der Waals surface area contributed by atoms with E-state index in [1.807, 2.05) is 0 Å². The Balaban J connectivity index is 2.98. The summed E-state index contributed by atoms with van der Waals surface area (Å²) < 4.78 is 0. The Hall–Kier alpha value is -2.77. The van der Waals surface area contributed by atoms with Crippen LogP contribution in [0.25, 0.3) is 0 Å². The molecule has 0 aromatic rings. The van der Waals surface area contributed by atoms with Gasteiger partial charge < -0.3 is 43.2 Å². The van der Waals surface area contributed by atoms with Crippen LogP contribution in [0.1, 0.15) is 65.2 Å². The van der Waals surface area contributed by atoms with Crippen molar-refractivity contribution in [3.63, 3.8) is 0 Å². The number of unbranched alkanes of at least 4 members (excludes halogenated alkanes) is 2. The number of carbonyl (C=O) groups is 5. The number of amides is 4. The van der Waals surface area contributed by atoms with Gasteiger partial charge in [0.1, 0.15) is 24.2 Å². The van der Waals surface area contributed by atoms with Crippen molar-refractivity contribution < 1.29 is 29.1 Å². The Labute approximate surface area is 212 Å². The molecule has 1 aliphatic heterocycles. The van der Waals surface area contributed by atoms with E-state index >= 15 is 0 Å². The van der Waals surface area contributed by atoms with Gasteiger partial charge in [-0.05, 0) is 78.3 Å². The second-order valence-corrected chi connectivity index (χ2v) is 9.24. The quantitative estimate of drug-likeness (QED) is 0.115. The number of rotatable bonds is 16. The van der Waals surface area contributed by atoms with Gasteiger partial charge in [-0.25, -0.2) is 0 Å². The van der Waals surface area contributed by atoms with Crippen LogP contribution in [0, 0.1) is 0 Å². The Morgan fingerprint density at radius 3 is 2.00 bits per heavy atom. The third-order valence-electron chi connectivity index (χ3n) is 6.12. The molecule has 13 heteroatoms. The monoisotopic (exact) mass is 513 g/mol. The molecule has 0 aromatic heterocycles. The van der Waals surface area contributed by atoms with E-state index in [0.717, 1.165) is 0 Å². The van der Waals surface area contributed by atoms with Crippen LogP contribution in [-0.4, -0.2) is 89.4 Å². The average Bonchev–Trinajstić information content (AvgIpc) is 3.32. The van der Waals surface area contributed by atoms with Gasteiger partial charge in [-0.15, -0.1) is 0 Å². The van der Waals surface area contributed by atoms with E-state index in [1.54, 1.807) is 0 Å². The molecule has 4 amide bonds. The normalized spacial score (nSPS) is 18.6. The van der Waals surface area contributed by atoms with Crippen molar-refractivity contribution in [2.24, 2.45) is 17.2 Å². The SMILES string of the molecule is C[C@H](N)C(=O)N[C@@H](CCCCN)C(=O)N1CCC[C@H]1C(=O)N[C@@H](CCCCN)C(=O)N[C@@H](C)C(=O)O. The third-order valence-corrected chi connectivity index (χ3v) is 6.12. The van der Waals surface area contributed by atoms with E-state index in [4.69, 9.17) is 22.3 Å². The number of hydrogen-bond donors (Lipinski definition) is 7. The molecule has 1 fully saturated rings. The molecular weight excluding hydrogens is 470 g/mol. The Bertz CT molecular complexity index is 763. The number of carboxylic acid groups (broad SMARTS) is 1. The van der Waals surface area contributed by atoms with Gasteiger partial charge in [-0.1, -0.05) is 0 Å². The van der Waals surface area contributed by atoms with Gasteiger partial charge in [0.05, 0.1) is 6.04 Å². The van der Waals surface area contributed by atoms with Crippen molar-refractivity contribution in [3.8, 4) is 0 Å². The maximum Gasteiger partial charge on any atom is 0.325 e. The molecular formula is C23H43N7O6. The number of carbonyl (C=O) groups excluding carboxylic acids is 4. The van der Waals surface area contributed by atoms with Crippen LogP contribution in [-0.2, 0) is 24.0 Å². The topological polar surface area (TPSA) is 223 Å². The highest BCUT2D eigenvalue weighted by Gasteiger charge is 2.39. The van der Waals surface area contributed by atoms with E-state index < -0.39 is 53.9 Å². The third kappa shape index (κ3) is 10.1. The molecule has 1 rings (SSSR count). The van der Waals surface area contributed by atoms with E-state index in [9.17, 15) is 24.0 Å².